The molecule has 5 nitrogen and oxygen atoms in total. The van der Waals surface area contributed by atoms with E-state index in [0.29, 0.717) is 16.7 Å². The van der Waals surface area contributed by atoms with Crippen molar-refractivity contribution in [3.63, 3.8) is 0 Å². The van der Waals surface area contributed by atoms with Crippen LogP contribution in [0.25, 0.3) is 0 Å². The molecule has 1 amide bonds. The topological polar surface area (TPSA) is 68.3 Å². The number of aromatic nitrogens is 1. The highest BCUT2D eigenvalue weighted by Gasteiger charge is 2.34. The van der Waals surface area contributed by atoms with Gasteiger partial charge in [-0.2, -0.15) is 0 Å². The van der Waals surface area contributed by atoms with Crippen LogP contribution in [0.2, 0.25) is 0 Å². The average Bonchev–Trinajstić information content (AvgIpc) is 2.77. The van der Waals surface area contributed by atoms with Crippen molar-refractivity contribution in [2.45, 2.75) is 44.8 Å². The number of nitrogens with one attached hydrogen (secondary N) is 1. The second-order valence-corrected chi connectivity index (χ2v) is 10.0. The average molecular weight is 596 g/mol. The summed E-state index contributed by atoms with van der Waals surface area (Å²) in [6, 6.07) is 9.73. The number of carbonyl (C=O) groups excluding carboxylic acids is 2. The molecule has 35 heavy (non-hydrogen) atoms. The quantitative estimate of drug-likeness (QED) is 0.343. The number of amides is 1. The minimum atomic E-state index is -1.19. The van der Waals surface area contributed by atoms with Gasteiger partial charge >= 0.3 is 6.09 Å². The summed E-state index contributed by atoms with van der Waals surface area (Å²) in [7, 11) is 0. The van der Waals surface area contributed by atoms with Crippen LogP contribution in [-0.4, -0.2) is 28.5 Å². The van der Waals surface area contributed by atoms with E-state index < -0.39 is 46.9 Å². The molecule has 9 heteroatoms. The van der Waals surface area contributed by atoms with Gasteiger partial charge in [-0.3, -0.25) is 9.78 Å². The fourth-order valence-corrected chi connectivity index (χ4v) is 4.05. The lowest BCUT2D eigenvalue weighted by atomic mass is 9.82. The third kappa shape index (κ3) is 7.27. The van der Waals surface area contributed by atoms with Crippen LogP contribution >= 0.6 is 22.6 Å². The van der Waals surface area contributed by atoms with Crippen LogP contribution in [0.15, 0.2) is 60.9 Å². The third-order valence-corrected chi connectivity index (χ3v) is 6.29. The van der Waals surface area contributed by atoms with Gasteiger partial charge in [0.25, 0.3) is 0 Å². The summed E-state index contributed by atoms with van der Waals surface area (Å²) < 4.78 is 47.0. The lowest BCUT2D eigenvalue weighted by molar-refractivity contribution is -0.120. The Kier molecular flexibility index (Phi) is 8.52. The number of pyridine rings is 1. The monoisotopic (exact) mass is 596 g/mol. The number of nitrogens with zero attached hydrogens (tertiary/aromatic N) is 1. The summed E-state index contributed by atoms with van der Waals surface area (Å²) in [6.07, 6.45) is 1.36. The van der Waals surface area contributed by atoms with E-state index in [9.17, 15) is 22.8 Å². The maximum absolute atomic E-state index is 14.0. The molecule has 1 heterocycles. The van der Waals surface area contributed by atoms with Crippen molar-refractivity contribution in [1.82, 2.24) is 10.3 Å². The number of hydrogen-bond donors (Lipinski definition) is 1. The number of ketones is 1. The van der Waals surface area contributed by atoms with E-state index in [1.807, 2.05) is 0 Å². The zero-order valence-corrected chi connectivity index (χ0v) is 21.5. The summed E-state index contributed by atoms with van der Waals surface area (Å²) in [5.74, 6) is -2.79. The molecule has 0 fully saturated rings. The molecular formula is C26H24F3IN2O3. The van der Waals surface area contributed by atoms with E-state index in [-0.39, 0.29) is 9.99 Å². The van der Waals surface area contributed by atoms with Gasteiger partial charge in [0.2, 0.25) is 0 Å². The Morgan fingerprint density at radius 3 is 1.94 bits per heavy atom. The minimum Gasteiger partial charge on any atom is -0.444 e. The molecule has 0 aliphatic heterocycles. The zero-order valence-electron chi connectivity index (χ0n) is 19.3. The molecule has 0 aliphatic carbocycles. The second-order valence-electron chi connectivity index (χ2n) is 8.94. The number of alkyl carbamates (subject to hydrolysis) is 1. The van der Waals surface area contributed by atoms with Gasteiger partial charge in [0, 0.05) is 18.5 Å². The zero-order chi connectivity index (χ0) is 25.8. The number of carbonyl (C=O) groups is 2. The SMILES string of the molecule is CC(C)(C)OC(=O)N[C@H](C(=O)Cc1cncc(F)c1I)C(c1ccc(F)cc1)c1ccc(F)cc1. The second kappa shape index (κ2) is 11.2. The number of halogens is 4. The summed E-state index contributed by atoms with van der Waals surface area (Å²) in [5, 5.41) is 2.64. The van der Waals surface area contributed by atoms with E-state index in [1.165, 1.54) is 54.7 Å². The smallest absolute Gasteiger partial charge is 0.408 e. The fraction of sp³-hybridized carbons (Fsp3) is 0.269. The first-order valence-corrected chi connectivity index (χ1v) is 11.8. The van der Waals surface area contributed by atoms with Gasteiger partial charge in [-0.1, -0.05) is 24.3 Å². The molecule has 1 N–H and O–H groups in total. The van der Waals surface area contributed by atoms with Crippen molar-refractivity contribution in [1.29, 1.82) is 0 Å². The van der Waals surface area contributed by atoms with Crippen molar-refractivity contribution >= 4 is 34.5 Å². The lowest BCUT2D eigenvalue weighted by Crippen LogP contribution is -2.47. The maximum Gasteiger partial charge on any atom is 0.408 e. The van der Waals surface area contributed by atoms with Gasteiger partial charge in [0.05, 0.1) is 9.77 Å². The Morgan fingerprint density at radius 1 is 0.943 bits per heavy atom. The molecule has 3 aromatic rings. The summed E-state index contributed by atoms with van der Waals surface area (Å²) in [5.41, 5.74) is 0.545. The van der Waals surface area contributed by atoms with Gasteiger partial charge in [0.15, 0.2) is 11.6 Å². The van der Waals surface area contributed by atoms with Crippen molar-refractivity contribution < 1.29 is 27.5 Å². The van der Waals surface area contributed by atoms with Gasteiger partial charge in [-0.05, 0) is 84.3 Å². The molecule has 2 aromatic carbocycles. The number of Topliss-reactive ketones (excluding diaryl/α,β-unsaturated/α-hetero) is 1. The van der Waals surface area contributed by atoms with E-state index >= 15 is 0 Å². The highest BCUT2D eigenvalue weighted by molar-refractivity contribution is 14.1. The number of hydrogen-bond acceptors (Lipinski definition) is 4. The van der Waals surface area contributed by atoms with E-state index in [4.69, 9.17) is 4.74 Å². The van der Waals surface area contributed by atoms with Crippen LogP contribution in [0.5, 0.6) is 0 Å². The molecule has 3 rings (SSSR count). The third-order valence-electron chi connectivity index (χ3n) is 5.09. The van der Waals surface area contributed by atoms with Gasteiger partial charge in [0.1, 0.15) is 23.3 Å². The van der Waals surface area contributed by atoms with Crippen LogP contribution < -0.4 is 5.32 Å². The van der Waals surface area contributed by atoms with E-state index in [1.54, 1.807) is 43.4 Å². The van der Waals surface area contributed by atoms with Crippen LogP contribution in [-0.2, 0) is 16.0 Å². The first-order valence-electron chi connectivity index (χ1n) is 10.8. The largest absolute Gasteiger partial charge is 0.444 e. The number of ether oxygens (including phenoxy) is 1. The maximum atomic E-state index is 14.0. The molecule has 1 aromatic heterocycles. The molecule has 0 aliphatic rings. The Balaban J connectivity index is 2.08. The minimum absolute atomic E-state index is 0.234. The first kappa shape index (κ1) is 26.7. The molecule has 184 valence electrons. The summed E-state index contributed by atoms with van der Waals surface area (Å²) in [4.78, 5) is 30.2. The Hall–Kier alpha value is -2.95. The van der Waals surface area contributed by atoms with Crippen molar-refractivity contribution in [3.05, 3.63) is 98.6 Å². The van der Waals surface area contributed by atoms with Gasteiger partial charge in [-0.15, -0.1) is 0 Å². The van der Waals surface area contributed by atoms with Crippen LogP contribution in [0.4, 0.5) is 18.0 Å². The van der Waals surface area contributed by atoms with Gasteiger partial charge < -0.3 is 10.1 Å². The highest BCUT2D eigenvalue weighted by atomic mass is 127. The summed E-state index contributed by atoms with van der Waals surface area (Å²) in [6.45, 7) is 5.05. The molecule has 0 radical (unpaired) electrons. The molecule has 0 saturated carbocycles. The van der Waals surface area contributed by atoms with Crippen molar-refractivity contribution in [2.24, 2.45) is 0 Å². The molecule has 0 saturated heterocycles. The van der Waals surface area contributed by atoms with Crippen molar-refractivity contribution in [2.75, 3.05) is 0 Å². The number of rotatable bonds is 7. The predicted octanol–water partition coefficient (Wildman–Crippen LogP) is 5.94. The standard InChI is InChI=1S/C26H24F3IN2O3/c1-26(2,3)35-25(34)32-24(21(33)12-17-13-31-14-20(29)23(17)30)22(15-4-8-18(27)9-5-15)16-6-10-19(28)11-7-16/h4-11,13-14,22,24H,12H2,1-3H3,(H,32,34)/t24-/m1/s1. The normalized spacial score (nSPS) is 12.3. The highest BCUT2D eigenvalue weighted by Crippen LogP contribution is 2.31. The van der Waals surface area contributed by atoms with Crippen LogP contribution in [0, 0.1) is 21.0 Å². The lowest BCUT2D eigenvalue weighted by Gasteiger charge is -2.29. The fourth-order valence-electron chi connectivity index (χ4n) is 3.58. The summed E-state index contributed by atoms with van der Waals surface area (Å²) >= 11 is 1.79. The van der Waals surface area contributed by atoms with E-state index in [0.717, 1.165) is 6.20 Å². The molecular weight excluding hydrogens is 572 g/mol. The number of benzene rings is 2. The Labute approximate surface area is 215 Å². The first-order chi connectivity index (χ1) is 16.4. The molecule has 0 unspecified atom stereocenters. The van der Waals surface area contributed by atoms with Crippen molar-refractivity contribution in [3.8, 4) is 0 Å². The molecule has 0 spiro atoms. The Morgan fingerprint density at radius 2 is 1.46 bits per heavy atom. The Bertz CT molecular complexity index is 1150. The van der Waals surface area contributed by atoms with Gasteiger partial charge in [-0.25, -0.2) is 18.0 Å². The van der Waals surface area contributed by atoms with Crippen LogP contribution in [0.1, 0.15) is 43.4 Å². The van der Waals surface area contributed by atoms with Crippen LogP contribution in [0.3, 0.4) is 0 Å². The molecule has 1 atom stereocenters. The predicted molar refractivity (Wildman–Crippen MR) is 133 cm³/mol. The molecule has 0 bridgehead atoms. The van der Waals surface area contributed by atoms with E-state index in [2.05, 4.69) is 10.3 Å².